The van der Waals surface area contributed by atoms with Gasteiger partial charge in [-0.2, -0.15) is 13.2 Å². The number of aryl methyl sites for hydroxylation is 1. The van der Waals surface area contributed by atoms with Gasteiger partial charge in [0, 0.05) is 5.56 Å². The van der Waals surface area contributed by atoms with E-state index in [2.05, 4.69) is 15.3 Å². The number of anilines is 1. The number of carbonyl (C=O) groups is 1. The van der Waals surface area contributed by atoms with Gasteiger partial charge in [-0.3, -0.25) is 10.1 Å². The summed E-state index contributed by atoms with van der Waals surface area (Å²) in [6.45, 7) is 5.88. The molecule has 0 aliphatic rings. The predicted octanol–water partition coefficient (Wildman–Crippen LogP) is 5.17. The molecule has 2 aromatic carbocycles. The molecule has 0 saturated heterocycles. The van der Waals surface area contributed by atoms with Gasteiger partial charge in [0.05, 0.1) is 16.6 Å². The highest BCUT2D eigenvalue weighted by molar-refractivity contribution is 6.04. The van der Waals surface area contributed by atoms with Crippen LogP contribution in [0.25, 0.3) is 11.0 Å². The van der Waals surface area contributed by atoms with Crippen LogP contribution in [0.15, 0.2) is 42.5 Å². The molecule has 0 aliphatic heterocycles. The van der Waals surface area contributed by atoms with Crippen LogP contribution < -0.4 is 5.32 Å². The van der Waals surface area contributed by atoms with E-state index in [1.54, 1.807) is 6.07 Å². The van der Waals surface area contributed by atoms with Crippen molar-refractivity contribution in [2.24, 2.45) is 0 Å². The molecule has 0 unspecified atom stereocenters. The first-order valence-electron chi connectivity index (χ1n) is 7.78. The molecular weight excluding hydrogens is 331 g/mol. The van der Waals surface area contributed by atoms with E-state index >= 15 is 0 Å². The Bertz CT molecular complexity index is 885. The third-order valence-electron chi connectivity index (χ3n) is 3.40. The Morgan fingerprint density at radius 2 is 1.80 bits per heavy atom. The lowest BCUT2D eigenvalue weighted by atomic mass is 10.1. The normalized spacial score (nSPS) is 11.0. The van der Waals surface area contributed by atoms with Crippen LogP contribution in [0.3, 0.4) is 0 Å². The summed E-state index contributed by atoms with van der Waals surface area (Å²) in [5.74, 6) is -0.468. The van der Waals surface area contributed by atoms with E-state index in [9.17, 15) is 18.0 Å². The second-order valence-electron chi connectivity index (χ2n) is 5.09. The number of H-pyrrole nitrogens is 1. The van der Waals surface area contributed by atoms with Crippen molar-refractivity contribution in [3.8, 4) is 0 Å². The molecule has 4 nitrogen and oxygen atoms in total. The van der Waals surface area contributed by atoms with Gasteiger partial charge in [-0.25, -0.2) is 4.98 Å². The number of benzene rings is 2. The summed E-state index contributed by atoms with van der Waals surface area (Å²) >= 11 is 0. The summed E-state index contributed by atoms with van der Waals surface area (Å²) in [7, 11) is 0. The molecular formula is C18H18F3N3O. The quantitative estimate of drug-likeness (QED) is 0.671. The lowest BCUT2D eigenvalue weighted by Crippen LogP contribution is -2.14. The summed E-state index contributed by atoms with van der Waals surface area (Å²) in [4.78, 5) is 19.3. The van der Waals surface area contributed by atoms with Gasteiger partial charge in [-0.05, 0) is 36.8 Å². The summed E-state index contributed by atoms with van der Waals surface area (Å²) in [6.07, 6.45) is -4.49. The maximum atomic E-state index is 12.7. The molecule has 132 valence electrons. The summed E-state index contributed by atoms with van der Waals surface area (Å²) in [5, 5.41) is 2.48. The molecule has 3 rings (SSSR count). The Balaban J connectivity index is 0.00000109. The fourth-order valence-electron chi connectivity index (χ4n) is 2.25. The molecule has 0 aliphatic carbocycles. The van der Waals surface area contributed by atoms with Gasteiger partial charge >= 0.3 is 6.18 Å². The molecule has 2 N–H and O–H groups in total. The number of carbonyl (C=O) groups excluding carboxylic acids is 1. The number of hydrogen-bond donors (Lipinski definition) is 2. The van der Waals surface area contributed by atoms with Crippen molar-refractivity contribution in [1.82, 2.24) is 9.97 Å². The monoisotopic (exact) mass is 349 g/mol. The number of rotatable bonds is 2. The van der Waals surface area contributed by atoms with Crippen molar-refractivity contribution in [3.05, 3.63) is 59.2 Å². The minimum Gasteiger partial charge on any atom is -0.324 e. The number of aromatic amines is 1. The SMILES string of the molecule is CC.Cc1cccc2[nH]c(NC(=O)c3cccc(C(F)(F)F)c3)nc12. The average molecular weight is 349 g/mol. The van der Waals surface area contributed by atoms with Crippen LogP contribution >= 0.6 is 0 Å². The van der Waals surface area contributed by atoms with Crippen molar-refractivity contribution in [1.29, 1.82) is 0 Å². The van der Waals surface area contributed by atoms with E-state index in [1.807, 2.05) is 32.9 Å². The molecule has 1 amide bonds. The second-order valence-corrected chi connectivity index (χ2v) is 5.09. The lowest BCUT2D eigenvalue weighted by molar-refractivity contribution is -0.137. The zero-order valence-electron chi connectivity index (χ0n) is 14.0. The van der Waals surface area contributed by atoms with Crippen LogP contribution in [0.4, 0.5) is 19.1 Å². The molecule has 0 saturated carbocycles. The molecule has 0 fully saturated rings. The van der Waals surface area contributed by atoms with Crippen LogP contribution in [0.1, 0.15) is 35.3 Å². The number of aromatic nitrogens is 2. The van der Waals surface area contributed by atoms with E-state index < -0.39 is 17.6 Å². The molecule has 1 heterocycles. The van der Waals surface area contributed by atoms with Crippen molar-refractivity contribution >= 4 is 22.9 Å². The van der Waals surface area contributed by atoms with Gasteiger partial charge in [0.25, 0.3) is 5.91 Å². The zero-order valence-corrected chi connectivity index (χ0v) is 14.0. The Morgan fingerprint density at radius 3 is 2.44 bits per heavy atom. The van der Waals surface area contributed by atoms with E-state index in [1.165, 1.54) is 12.1 Å². The Labute approximate surface area is 143 Å². The van der Waals surface area contributed by atoms with Crippen molar-refractivity contribution < 1.29 is 18.0 Å². The number of alkyl halides is 3. The fourth-order valence-corrected chi connectivity index (χ4v) is 2.25. The van der Waals surface area contributed by atoms with Gasteiger partial charge in [-0.1, -0.05) is 32.0 Å². The van der Waals surface area contributed by atoms with Crippen LogP contribution in [0, 0.1) is 6.92 Å². The van der Waals surface area contributed by atoms with E-state index in [-0.39, 0.29) is 11.5 Å². The number of amides is 1. The van der Waals surface area contributed by atoms with Crippen LogP contribution in [-0.4, -0.2) is 15.9 Å². The third kappa shape index (κ3) is 4.17. The zero-order chi connectivity index (χ0) is 18.6. The highest BCUT2D eigenvalue weighted by Crippen LogP contribution is 2.29. The number of nitrogens with one attached hydrogen (secondary N) is 2. The third-order valence-corrected chi connectivity index (χ3v) is 3.40. The van der Waals surface area contributed by atoms with E-state index in [0.29, 0.717) is 5.52 Å². The molecule has 25 heavy (non-hydrogen) atoms. The average Bonchev–Trinajstić information content (AvgIpc) is 3.00. The first-order valence-corrected chi connectivity index (χ1v) is 7.78. The number of fused-ring (bicyclic) bond motifs is 1. The van der Waals surface area contributed by atoms with Crippen molar-refractivity contribution in [3.63, 3.8) is 0 Å². The van der Waals surface area contributed by atoms with Gasteiger partial charge in [0.1, 0.15) is 0 Å². The number of hydrogen-bond acceptors (Lipinski definition) is 2. The minimum atomic E-state index is -4.49. The van der Waals surface area contributed by atoms with Crippen molar-refractivity contribution in [2.45, 2.75) is 26.9 Å². The van der Waals surface area contributed by atoms with Gasteiger partial charge in [0.2, 0.25) is 5.95 Å². The Hall–Kier alpha value is -2.83. The van der Waals surface area contributed by atoms with Gasteiger partial charge < -0.3 is 4.98 Å². The molecule has 7 heteroatoms. The maximum Gasteiger partial charge on any atom is 0.416 e. The summed E-state index contributed by atoms with van der Waals surface area (Å²) < 4.78 is 38.1. The minimum absolute atomic E-state index is 0.0861. The predicted molar refractivity (Wildman–Crippen MR) is 91.6 cm³/mol. The fraction of sp³-hybridized carbons (Fsp3) is 0.222. The molecule has 1 aromatic heterocycles. The second kappa shape index (κ2) is 7.38. The van der Waals surface area contributed by atoms with Crippen LogP contribution in [0.2, 0.25) is 0 Å². The number of halogens is 3. The van der Waals surface area contributed by atoms with E-state index in [4.69, 9.17) is 0 Å². The number of imidazole rings is 1. The topological polar surface area (TPSA) is 57.8 Å². The van der Waals surface area contributed by atoms with Gasteiger partial charge in [0.15, 0.2) is 0 Å². The molecule has 0 spiro atoms. The van der Waals surface area contributed by atoms with Crippen LogP contribution in [-0.2, 0) is 6.18 Å². The maximum absolute atomic E-state index is 12.7. The highest BCUT2D eigenvalue weighted by atomic mass is 19.4. The lowest BCUT2D eigenvalue weighted by Gasteiger charge is -2.08. The molecule has 0 radical (unpaired) electrons. The van der Waals surface area contributed by atoms with Crippen molar-refractivity contribution in [2.75, 3.05) is 5.32 Å². The smallest absolute Gasteiger partial charge is 0.324 e. The number of nitrogens with zero attached hydrogens (tertiary/aromatic N) is 1. The standard InChI is InChI=1S/C16H12F3N3O.C2H6/c1-9-4-2-7-12-13(9)21-15(20-12)22-14(23)10-5-3-6-11(8-10)16(17,18)19;1-2/h2-8H,1H3,(H2,20,21,22,23);1-2H3. The number of para-hydroxylation sites is 1. The molecule has 0 atom stereocenters. The highest BCUT2D eigenvalue weighted by Gasteiger charge is 2.30. The Morgan fingerprint density at radius 1 is 1.12 bits per heavy atom. The largest absolute Gasteiger partial charge is 0.416 e. The van der Waals surface area contributed by atoms with Gasteiger partial charge in [-0.15, -0.1) is 0 Å². The summed E-state index contributed by atoms with van der Waals surface area (Å²) in [6, 6.07) is 9.76. The first kappa shape index (κ1) is 18.5. The van der Waals surface area contributed by atoms with Crippen LogP contribution in [0.5, 0.6) is 0 Å². The summed E-state index contributed by atoms with van der Waals surface area (Å²) in [5.41, 5.74) is 1.41. The Kier molecular flexibility index (Phi) is 5.46. The van der Waals surface area contributed by atoms with E-state index in [0.717, 1.165) is 23.2 Å². The molecule has 0 bridgehead atoms. The first-order chi connectivity index (χ1) is 11.8. The molecule has 3 aromatic rings.